The molecule has 0 aliphatic rings. The molecule has 0 heterocycles. The Morgan fingerprint density at radius 3 is 2.57 bits per heavy atom. The summed E-state index contributed by atoms with van der Waals surface area (Å²) in [6, 6.07) is 20.2. The zero-order chi connectivity index (χ0) is 21.3. The Labute approximate surface area is 184 Å². The first kappa shape index (κ1) is 21.8. The number of para-hydroxylation sites is 1. The fourth-order valence-corrected chi connectivity index (χ4v) is 3.52. The second-order valence-electron chi connectivity index (χ2n) is 7.10. The summed E-state index contributed by atoms with van der Waals surface area (Å²) in [5.41, 5.74) is 5.55. The molecule has 0 saturated carbocycles. The minimum atomic E-state index is 0.422. The predicted molar refractivity (Wildman–Crippen MR) is 126 cm³/mol. The van der Waals surface area contributed by atoms with E-state index in [4.69, 9.17) is 21.1 Å². The van der Waals surface area contributed by atoms with Crippen LogP contribution in [0.4, 0.5) is 5.69 Å². The highest BCUT2D eigenvalue weighted by Gasteiger charge is 2.14. The number of hydrogen-bond acceptors (Lipinski definition) is 3. The number of aryl methyl sites for hydroxylation is 1. The van der Waals surface area contributed by atoms with Crippen LogP contribution in [0.1, 0.15) is 29.2 Å². The lowest BCUT2D eigenvalue weighted by molar-refractivity contribution is 0.267. The number of allylic oxidation sites excluding steroid dienone is 1. The summed E-state index contributed by atoms with van der Waals surface area (Å²) in [4.78, 5) is 0. The summed E-state index contributed by atoms with van der Waals surface area (Å²) in [6.45, 7) is 9.67. The molecule has 0 spiro atoms. The Hall–Kier alpha value is -2.91. The van der Waals surface area contributed by atoms with Gasteiger partial charge in [0.1, 0.15) is 6.61 Å². The molecule has 156 valence electrons. The van der Waals surface area contributed by atoms with Crippen LogP contribution < -0.4 is 14.8 Å². The monoisotopic (exact) mass is 421 g/mol. The minimum Gasteiger partial charge on any atom is -0.490 e. The van der Waals surface area contributed by atoms with Gasteiger partial charge in [0.15, 0.2) is 11.5 Å². The second-order valence-corrected chi connectivity index (χ2v) is 7.53. The van der Waals surface area contributed by atoms with Crippen LogP contribution in [0.5, 0.6) is 11.5 Å². The van der Waals surface area contributed by atoms with E-state index >= 15 is 0 Å². The summed E-state index contributed by atoms with van der Waals surface area (Å²) in [7, 11) is 0. The summed E-state index contributed by atoms with van der Waals surface area (Å²) in [6.07, 6.45) is 2.58. The molecule has 0 unspecified atom stereocenters. The van der Waals surface area contributed by atoms with Crippen LogP contribution in [-0.4, -0.2) is 6.61 Å². The van der Waals surface area contributed by atoms with Gasteiger partial charge in [-0.3, -0.25) is 0 Å². The van der Waals surface area contributed by atoms with E-state index in [0.29, 0.717) is 31.2 Å². The summed E-state index contributed by atoms with van der Waals surface area (Å²) < 4.78 is 12.1. The van der Waals surface area contributed by atoms with Crippen LogP contribution in [0.15, 0.2) is 73.3 Å². The van der Waals surface area contributed by atoms with Crippen molar-refractivity contribution in [3.8, 4) is 11.5 Å². The molecule has 3 aromatic carbocycles. The van der Waals surface area contributed by atoms with Gasteiger partial charge in [-0.25, -0.2) is 0 Å². The fraction of sp³-hybridized carbons (Fsp3) is 0.231. The smallest absolute Gasteiger partial charge is 0.165 e. The first-order valence-corrected chi connectivity index (χ1v) is 10.5. The number of nitrogens with one attached hydrogen (secondary N) is 1. The maximum absolute atomic E-state index is 6.20. The molecule has 0 bridgehead atoms. The standard InChI is InChI=1S/C26H28ClNO2/c1-4-9-22-14-21(17-28-24-13-7-6-10-19(24)3)16-25(29-5-2)26(22)30-18-20-11-8-12-23(27)15-20/h4,6-8,10-16,28H,1,5,9,17-18H2,2-3H3. The van der Waals surface area contributed by atoms with Crippen LogP contribution in [0.3, 0.4) is 0 Å². The van der Waals surface area contributed by atoms with Gasteiger partial charge in [0.25, 0.3) is 0 Å². The second kappa shape index (κ2) is 10.7. The van der Waals surface area contributed by atoms with Crippen molar-refractivity contribution in [2.75, 3.05) is 11.9 Å². The molecule has 4 heteroatoms. The van der Waals surface area contributed by atoms with Gasteiger partial charge in [0.2, 0.25) is 0 Å². The van der Waals surface area contributed by atoms with Gasteiger partial charge in [-0.2, -0.15) is 0 Å². The highest BCUT2D eigenvalue weighted by Crippen LogP contribution is 2.35. The molecule has 1 N–H and O–H groups in total. The Kier molecular flexibility index (Phi) is 7.81. The van der Waals surface area contributed by atoms with E-state index in [2.05, 4.69) is 43.1 Å². The highest BCUT2D eigenvalue weighted by molar-refractivity contribution is 6.30. The maximum Gasteiger partial charge on any atom is 0.165 e. The first-order valence-electron chi connectivity index (χ1n) is 10.2. The molecule has 0 amide bonds. The van der Waals surface area contributed by atoms with Crippen molar-refractivity contribution in [2.24, 2.45) is 0 Å². The van der Waals surface area contributed by atoms with Crippen molar-refractivity contribution < 1.29 is 9.47 Å². The van der Waals surface area contributed by atoms with E-state index in [0.717, 1.165) is 33.9 Å². The molecular formula is C26H28ClNO2. The number of anilines is 1. The van der Waals surface area contributed by atoms with Crippen molar-refractivity contribution in [3.05, 3.63) is 101 Å². The third-order valence-corrected chi connectivity index (χ3v) is 4.99. The fourth-order valence-electron chi connectivity index (χ4n) is 3.31. The van der Waals surface area contributed by atoms with Crippen molar-refractivity contribution in [1.29, 1.82) is 0 Å². The Bertz CT molecular complexity index is 1000. The number of benzene rings is 3. The maximum atomic E-state index is 6.20. The number of hydrogen-bond donors (Lipinski definition) is 1. The molecule has 3 nitrogen and oxygen atoms in total. The highest BCUT2D eigenvalue weighted by atomic mass is 35.5. The Morgan fingerprint density at radius 2 is 1.83 bits per heavy atom. The van der Waals surface area contributed by atoms with E-state index < -0.39 is 0 Å². The molecule has 0 fully saturated rings. The third-order valence-electron chi connectivity index (χ3n) is 4.76. The molecule has 0 aromatic heterocycles. The summed E-state index contributed by atoms with van der Waals surface area (Å²) in [5, 5.41) is 4.21. The molecule has 0 aliphatic carbocycles. The largest absolute Gasteiger partial charge is 0.490 e. The van der Waals surface area contributed by atoms with Gasteiger partial charge in [-0.15, -0.1) is 6.58 Å². The van der Waals surface area contributed by atoms with E-state index in [1.54, 1.807) is 0 Å². The van der Waals surface area contributed by atoms with Crippen molar-refractivity contribution in [3.63, 3.8) is 0 Å². The Morgan fingerprint density at radius 1 is 1.00 bits per heavy atom. The van der Waals surface area contributed by atoms with Gasteiger partial charge in [-0.1, -0.05) is 48.0 Å². The van der Waals surface area contributed by atoms with Crippen LogP contribution in [-0.2, 0) is 19.6 Å². The summed E-state index contributed by atoms with van der Waals surface area (Å²) >= 11 is 6.11. The van der Waals surface area contributed by atoms with Crippen LogP contribution in [0.2, 0.25) is 5.02 Å². The van der Waals surface area contributed by atoms with E-state index in [1.807, 2.05) is 49.4 Å². The van der Waals surface area contributed by atoms with Crippen LogP contribution >= 0.6 is 11.6 Å². The van der Waals surface area contributed by atoms with Crippen LogP contribution in [0, 0.1) is 6.92 Å². The minimum absolute atomic E-state index is 0.422. The van der Waals surface area contributed by atoms with Crippen LogP contribution in [0.25, 0.3) is 0 Å². The Balaban J connectivity index is 1.85. The number of rotatable bonds is 10. The first-order chi connectivity index (χ1) is 14.6. The lowest BCUT2D eigenvalue weighted by atomic mass is 10.0. The topological polar surface area (TPSA) is 30.5 Å². The van der Waals surface area contributed by atoms with E-state index in [-0.39, 0.29) is 0 Å². The lowest BCUT2D eigenvalue weighted by Crippen LogP contribution is -2.06. The zero-order valence-corrected chi connectivity index (χ0v) is 18.3. The van der Waals surface area contributed by atoms with Gasteiger partial charge in [0.05, 0.1) is 6.61 Å². The van der Waals surface area contributed by atoms with Gasteiger partial charge < -0.3 is 14.8 Å². The molecule has 0 aliphatic heterocycles. The van der Waals surface area contributed by atoms with Gasteiger partial charge in [-0.05, 0) is 67.3 Å². The normalized spacial score (nSPS) is 10.5. The number of ether oxygens (including phenoxy) is 2. The quantitative estimate of drug-likeness (QED) is 0.358. The molecule has 0 atom stereocenters. The molecule has 3 aromatic rings. The van der Waals surface area contributed by atoms with Crippen molar-refractivity contribution in [2.45, 2.75) is 33.4 Å². The SMILES string of the molecule is C=CCc1cc(CNc2ccccc2C)cc(OCC)c1OCc1cccc(Cl)c1. The molecule has 3 rings (SSSR count). The van der Waals surface area contributed by atoms with Gasteiger partial charge in [0, 0.05) is 22.8 Å². The summed E-state index contributed by atoms with van der Waals surface area (Å²) in [5.74, 6) is 1.51. The van der Waals surface area contributed by atoms with Crippen molar-refractivity contribution >= 4 is 17.3 Å². The molecule has 30 heavy (non-hydrogen) atoms. The van der Waals surface area contributed by atoms with Crippen molar-refractivity contribution in [1.82, 2.24) is 0 Å². The zero-order valence-electron chi connectivity index (χ0n) is 17.6. The predicted octanol–water partition coefficient (Wildman–Crippen LogP) is 6.97. The molecular weight excluding hydrogens is 394 g/mol. The average Bonchev–Trinajstić information content (AvgIpc) is 2.73. The molecule has 0 radical (unpaired) electrons. The third kappa shape index (κ3) is 5.80. The average molecular weight is 422 g/mol. The lowest BCUT2D eigenvalue weighted by Gasteiger charge is -2.18. The number of halogens is 1. The van der Waals surface area contributed by atoms with Gasteiger partial charge >= 0.3 is 0 Å². The van der Waals surface area contributed by atoms with E-state index in [9.17, 15) is 0 Å². The van der Waals surface area contributed by atoms with E-state index in [1.165, 1.54) is 5.56 Å². The molecule has 0 saturated heterocycles.